The molecule has 0 saturated carbocycles. The molecule has 11 aromatic rings. The summed E-state index contributed by atoms with van der Waals surface area (Å²) in [5, 5.41) is 4.67. The van der Waals surface area contributed by atoms with Crippen LogP contribution in [0.5, 0.6) is 11.5 Å². The van der Waals surface area contributed by atoms with Crippen molar-refractivity contribution in [3.05, 3.63) is 187 Å². The second kappa shape index (κ2) is 13.8. The Balaban J connectivity index is 0.00000396. The largest absolute Gasteiger partial charge is 2.00 e. The normalized spacial score (nSPS) is 11.5. The predicted octanol–water partition coefficient (Wildman–Crippen LogP) is 12.3. The first kappa shape index (κ1) is 34.7. The molecule has 0 amide bonds. The first-order valence-corrected chi connectivity index (χ1v) is 18.8. The number of benzene rings is 7. The molecule has 6 nitrogen and oxygen atoms in total. The molecule has 0 spiro atoms. The maximum atomic E-state index is 6.57. The summed E-state index contributed by atoms with van der Waals surface area (Å²) in [4.78, 5) is 10.0. The van der Waals surface area contributed by atoms with Gasteiger partial charge in [-0.2, -0.15) is 6.07 Å². The third-order valence-electron chi connectivity index (χ3n) is 10.8. The van der Waals surface area contributed by atoms with Crippen molar-refractivity contribution < 1.29 is 25.8 Å². The smallest absolute Gasteiger partial charge is 0.503 e. The van der Waals surface area contributed by atoms with Crippen LogP contribution >= 0.6 is 0 Å². The van der Waals surface area contributed by atoms with Gasteiger partial charge in [-0.05, 0) is 66.8 Å². The topological polar surface area (TPSA) is 49.8 Å². The SMILES string of the molecule is Cc1cccc2c3cccc(C)c3n(-c3ccnc(-n4c5[c-]c(Oc6[c-]c(-c7nc8ccccc8n7-c7ccccc7)ccc6)ccc5c5ccccc54)c3)c12.[Pt+2]. The van der Waals surface area contributed by atoms with Crippen LogP contribution in [-0.2, 0) is 21.1 Å². The van der Waals surface area contributed by atoms with Gasteiger partial charge in [-0.3, -0.25) is 4.98 Å². The summed E-state index contributed by atoms with van der Waals surface area (Å²) >= 11 is 0. The van der Waals surface area contributed by atoms with E-state index in [1.54, 1.807) is 0 Å². The molecule has 4 heterocycles. The van der Waals surface area contributed by atoms with Gasteiger partial charge in [0.25, 0.3) is 0 Å². The molecular formula is C50H33N5OPt. The Kier molecular flexibility index (Phi) is 8.39. The maximum Gasteiger partial charge on any atom is 2.00 e. The number of aromatic nitrogens is 5. The average molecular weight is 915 g/mol. The van der Waals surface area contributed by atoms with Crippen LogP contribution in [0.25, 0.3) is 83.2 Å². The van der Waals surface area contributed by atoms with Gasteiger partial charge in [0.1, 0.15) is 5.82 Å². The van der Waals surface area contributed by atoms with E-state index < -0.39 is 0 Å². The number of ether oxygens (including phenoxy) is 1. The molecule has 0 aliphatic heterocycles. The van der Waals surface area contributed by atoms with E-state index in [0.717, 1.165) is 61.4 Å². The van der Waals surface area contributed by atoms with Crippen molar-refractivity contribution >= 4 is 54.6 Å². The van der Waals surface area contributed by atoms with Gasteiger partial charge in [-0.15, -0.1) is 41.3 Å². The van der Waals surface area contributed by atoms with Gasteiger partial charge in [0.2, 0.25) is 0 Å². The van der Waals surface area contributed by atoms with Crippen molar-refractivity contribution in [2.45, 2.75) is 13.8 Å². The second-order valence-electron chi connectivity index (χ2n) is 14.2. The third-order valence-corrected chi connectivity index (χ3v) is 10.8. The van der Waals surface area contributed by atoms with Crippen molar-refractivity contribution in [1.29, 1.82) is 0 Å². The van der Waals surface area contributed by atoms with Crippen LogP contribution in [0, 0.1) is 26.0 Å². The fourth-order valence-electron chi connectivity index (χ4n) is 8.36. The molecular weight excluding hydrogens is 882 g/mol. The number of imidazole rings is 1. The maximum absolute atomic E-state index is 6.57. The van der Waals surface area contributed by atoms with Gasteiger partial charge in [-0.1, -0.05) is 96.5 Å². The Hall–Kier alpha value is -6.75. The van der Waals surface area contributed by atoms with Crippen molar-refractivity contribution in [3.8, 4) is 40.1 Å². The van der Waals surface area contributed by atoms with Gasteiger partial charge < -0.3 is 18.4 Å². The zero-order chi connectivity index (χ0) is 37.3. The van der Waals surface area contributed by atoms with Gasteiger partial charge >= 0.3 is 21.1 Å². The Morgan fingerprint density at radius 2 is 1.18 bits per heavy atom. The number of aryl methyl sites for hydroxylation is 2. The fourth-order valence-corrected chi connectivity index (χ4v) is 8.36. The molecule has 0 N–H and O–H groups in total. The van der Waals surface area contributed by atoms with Crippen molar-refractivity contribution in [2.75, 3.05) is 0 Å². The van der Waals surface area contributed by atoms with Crippen LogP contribution in [0.2, 0.25) is 0 Å². The summed E-state index contributed by atoms with van der Waals surface area (Å²) in [5.41, 5.74) is 11.6. The van der Waals surface area contributed by atoms with E-state index in [9.17, 15) is 0 Å². The molecule has 0 aliphatic rings. The Morgan fingerprint density at radius 1 is 0.509 bits per heavy atom. The van der Waals surface area contributed by atoms with Crippen LogP contribution in [0.4, 0.5) is 0 Å². The summed E-state index contributed by atoms with van der Waals surface area (Å²) in [5.74, 6) is 2.75. The number of para-hydroxylation sites is 6. The summed E-state index contributed by atoms with van der Waals surface area (Å²) < 4.78 is 13.3. The molecule has 0 fully saturated rings. The second-order valence-corrected chi connectivity index (χ2v) is 14.2. The van der Waals surface area contributed by atoms with Crippen LogP contribution in [-0.4, -0.2) is 23.7 Å². The zero-order valence-corrected chi connectivity index (χ0v) is 33.3. The molecule has 7 aromatic carbocycles. The average Bonchev–Trinajstić information content (AvgIpc) is 3.91. The molecule has 0 radical (unpaired) electrons. The minimum Gasteiger partial charge on any atom is -0.503 e. The Morgan fingerprint density at radius 3 is 1.96 bits per heavy atom. The summed E-state index contributed by atoms with van der Waals surface area (Å²) in [7, 11) is 0. The summed E-state index contributed by atoms with van der Waals surface area (Å²) in [6.45, 7) is 4.37. The molecule has 11 rings (SSSR count). The van der Waals surface area contributed by atoms with Crippen LogP contribution < -0.4 is 4.74 Å². The van der Waals surface area contributed by atoms with Crippen molar-refractivity contribution in [1.82, 2.24) is 23.7 Å². The van der Waals surface area contributed by atoms with E-state index >= 15 is 0 Å². The first-order valence-electron chi connectivity index (χ1n) is 18.8. The molecule has 57 heavy (non-hydrogen) atoms. The Labute approximate surface area is 343 Å². The molecule has 0 unspecified atom stereocenters. The number of hydrogen-bond donors (Lipinski definition) is 0. The summed E-state index contributed by atoms with van der Waals surface area (Å²) in [6.07, 6.45) is 1.91. The number of pyridine rings is 1. The minimum absolute atomic E-state index is 0. The summed E-state index contributed by atoms with van der Waals surface area (Å²) in [6, 6.07) is 61.5. The molecule has 274 valence electrons. The molecule has 0 atom stereocenters. The van der Waals surface area contributed by atoms with Gasteiger partial charge in [-0.25, -0.2) is 4.98 Å². The number of fused-ring (bicyclic) bond motifs is 7. The standard InChI is InChI=1S/C50H33N5O.Pt/c1-32-13-10-20-41-42-21-11-14-33(2)49(42)54(48(32)41)36-27-28-51-47(30-36)55-44-23-8-6-19-39(44)40-26-25-38(31-46(40)55)56-37-18-12-15-34(29-37)50-52-43-22-7-9-24-45(43)53(50)35-16-4-3-5-17-35;/h3-28,30H,1-2H3;/q-2;+2. The van der Waals surface area contributed by atoms with E-state index in [1.807, 2.05) is 66.9 Å². The predicted molar refractivity (Wildman–Crippen MR) is 227 cm³/mol. The molecule has 4 aromatic heterocycles. The Bertz CT molecular complexity index is 3260. The molecule has 0 aliphatic carbocycles. The third kappa shape index (κ3) is 5.59. The number of rotatable bonds is 6. The van der Waals surface area contributed by atoms with E-state index in [1.165, 1.54) is 32.9 Å². The number of hydrogen-bond acceptors (Lipinski definition) is 3. The van der Waals surface area contributed by atoms with Crippen LogP contribution in [0.3, 0.4) is 0 Å². The van der Waals surface area contributed by atoms with E-state index in [4.69, 9.17) is 14.7 Å². The van der Waals surface area contributed by atoms with Crippen molar-refractivity contribution in [2.24, 2.45) is 0 Å². The van der Waals surface area contributed by atoms with E-state index in [-0.39, 0.29) is 21.1 Å². The fraction of sp³-hybridized carbons (Fsp3) is 0.0400. The molecule has 7 heteroatoms. The quantitative estimate of drug-likeness (QED) is 0.156. The molecule has 0 saturated heterocycles. The van der Waals surface area contributed by atoms with E-state index in [0.29, 0.717) is 11.5 Å². The van der Waals surface area contributed by atoms with Gasteiger partial charge in [0.05, 0.1) is 33.6 Å². The first-order chi connectivity index (χ1) is 27.6. The number of nitrogens with zero attached hydrogens (tertiary/aromatic N) is 5. The van der Waals surface area contributed by atoms with Crippen LogP contribution in [0.15, 0.2) is 164 Å². The monoisotopic (exact) mass is 914 g/mol. The minimum atomic E-state index is 0. The van der Waals surface area contributed by atoms with Crippen molar-refractivity contribution in [3.63, 3.8) is 0 Å². The van der Waals surface area contributed by atoms with E-state index in [2.05, 4.69) is 137 Å². The van der Waals surface area contributed by atoms with Gasteiger partial charge in [0.15, 0.2) is 0 Å². The van der Waals surface area contributed by atoms with Gasteiger partial charge in [0, 0.05) is 45.7 Å². The van der Waals surface area contributed by atoms with Crippen LogP contribution in [0.1, 0.15) is 11.1 Å². The zero-order valence-electron chi connectivity index (χ0n) is 31.0. The molecule has 0 bridgehead atoms.